The minimum atomic E-state index is 0.238. The minimum absolute atomic E-state index is 0.238. The highest BCUT2D eigenvalue weighted by atomic mass is 16.1. The molecule has 0 heterocycles. The summed E-state index contributed by atoms with van der Waals surface area (Å²) in [7, 11) is 0. The topological polar surface area (TPSA) is 17.1 Å². The van der Waals surface area contributed by atoms with Crippen LogP contribution in [0, 0.1) is 19.8 Å². The van der Waals surface area contributed by atoms with E-state index in [2.05, 4.69) is 27.7 Å². The van der Waals surface area contributed by atoms with Gasteiger partial charge in [-0.25, -0.2) is 0 Å². The van der Waals surface area contributed by atoms with Crippen LogP contribution in [0.25, 0.3) is 0 Å². The van der Waals surface area contributed by atoms with Crippen molar-refractivity contribution in [2.24, 2.45) is 5.92 Å². The van der Waals surface area contributed by atoms with Gasteiger partial charge in [0.2, 0.25) is 0 Å². The summed E-state index contributed by atoms with van der Waals surface area (Å²) in [6.07, 6.45) is 1.68. The molecule has 1 rings (SSSR count). The maximum absolute atomic E-state index is 11.7. The lowest BCUT2D eigenvalue weighted by atomic mass is 9.91. The van der Waals surface area contributed by atoms with Gasteiger partial charge in [0.1, 0.15) is 0 Å². The number of carbonyl (C=O) groups is 1. The van der Waals surface area contributed by atoms with Crippen LogP contribution < -0.4 is 0 Å². The van der Waals surface area contributed by atoms with E-state index in [0.717, 1.165) is 12.0 Å². The first kappa shape index (κ1) is 13.0. The summed E-state index contributed by atoms with van der Waals surface area (Å²) in [6, 6.07) is 4.08. The summed E-state index contributed by atoms with van der Waals surface area (Å²) in [5, 5.41) is 0. The molecule has 0 saturated heterocycles. The Morgan fingerprint density at radius 2 is 1.69 bits per heavy atom. The molecule has 0 aliphatic heterocycles. The van der Waals surface area contributed by atoms with Gasteiger partial charge >= 0.3 is 0 Å². The number of benzene rings is 1. The number of rotatable bonds is 4. The van der Waals surface area contributed by atoms with Crippen LogP contribution in [0.2, 0.25) is 0 Å². The number of carbonyl (C=O) groups excluding carboxylic acids is 1. The second-order valence-corrected chi connectivity index (χ2v) is 4.96. The first-order valence-corrected chi connectivity index (χ1v) is 6.09. The summed E-state index contributed by atoms with van der Waals surface area (Å²) in [6.45, 7) is 10.6. The molecule has 0 amide bonds. The summed E-state index contributed by atoms with van der Waals surface area (Å²) in [5.74, 6) is 0.896. The van der Waals surface area contributed by atoms with Crippen molar-refractivity contribution in [1.82, 2.24) is 0 Å². The fourth-order valence-corrected chi connectivity index (χ4v) is 2.09. The zero-order valence-electron chi connectivity index (χ0n) is 11.1. The molecule has 0 fully saturated rings. The second kappa shape index (κ2) is 5.29. The van der Waals surface area contributed by atoms with Crippen molar-refractivity contribution < 1.29 is 4.79 Å². The van der Waals surface area contributed by atoms with Gasteiger partial charge in [0.05, 0.1) is 0 Å². The molecule has 0 saturated carbocycles. The number of aryl methyl sites for hydroxylation is 2. The van der Waals surface area contributed by atoms with Crippen LogP contribution in [0.3, 0.4) is 0 Å². The Balaban J connectivity index is 3.12. The summed E-state index contributed by atoms with van der Waals surface area (Å²) in [5.41, 5.74) is 4.78. The Labute approximate surface area is 98.9 Å². The number of Topliss-reactive ketones (excluding diaryl/α,β-unsaturated/α-hetero) is 1. The van der Waals surface area contributed by atoms with Crippen molar-refractivity contribution in [3.63, 3.8) is 0 Å². The van der Waals surface area contributed by atoms with E-state index in [1.54, 1.807) is 0 Å². The van der Waals surface area contributed by atoms with Gasteiger partial charge in [0, 0.05) is 12.0 Å². The summed E-state index contributed by atoms with van der Waals surface area (Å²) >= 11 is 0. The largest absolute Gasteiger partial charge is 0.294 e. The SMILES string of the molecule is CCC(=O)c1cc(C)c(CC(C)C)c(C)c1. The minimum Gasteiger partial charge on any atom is -0.294 e. The van der Waals surface area contributed by atoms with Gasteiger partial charge in [-0.2, -0.15) is 0 Å². The van der Waals surface area contributed by atoms with Crippen molar-refractivity contribution in [2.75, 3.05) is 0 Å². The first-order chi connectivity index (χ1) is 7.45. The highest BCUT2D eigenvalue weighted by Gasteiger charge is 2.10. The van der Waals surface area contributed by atoms with Crippen LogP contribution >= 0.6 is 0 Å². The lowest BCUT2D eigenvalue weighted by Gasteiger charge is -2.13. The fraction of sp³-hybridized carbons (Fsp3) is 0.533. The van der Waals surface area contributed by atoms with E-state index in [4.69, 9.17) is 0 Å². The molecule has 0 aliphatic rings. The zero-order valence-corrected chi connectivity index (χ0v) is 11.1. The van der Waals surface area contributed by atoms with Crippen LogP contribution in [0.5, 0.6) is 0 Å². The van der Waals surface area contributed by atoms with Gasteiger partial charge in [-0.15, -0.1) is 0 Å². The van der Waals surface area contributed by atoms with E-state index in [-0.39, 0.29) is 5.78 Å². The maximum atomic E-state index is 11.7. The average Bonchev–Trinajstić information content (AvgIpc) is 2.21. The lowest BCUT2D eigenvalue weighted by molar-refractivity contribution is 0.0988. The fourth-order valence-electron chi connectivity index (χ4n) is 2.09. The van der Waals surface area contributed by atoms with Crippen molar-refractivity contribution in [3.8, 4) is 0 Å². The van der Waals surface area contributed by atoms with Gasteiger partial charge in [-0.05, 0) is 55.0 Å². The van der Waals surface area contributed by atoms with Crippen molar-refractivity contribution in [2.45, 2.75) is 47.5 Å². The average molecular weight is 218 g/mol. The van der Waals surface area contributed by atoms with Gasteiger partial charge < -0.3 is 0 Å². The molecular formula is C15H22O. The van der Waals surface area contributed by atoms with Gasteiger partial charge in [0.25, 0.3) is 0 Å². The quantitative estimate of drug-likeness (QED) is 0.695. The zero-order chi connectivity index (χ0) is 12.3. The maximum Gasteiger partial charge on any atom is 0.162 e. The molecule has 0 atom stereocenters. The summed E-state index contributed by atoms with van der Waals surface area (Å²) in [4.78, 5) is 11.7. The van der Waals surface area contributed by atoms with Crippen molar-refractivity contribution in [3.05, 3.63) is 34.4 Å². The van der Waals surface area contributed by atoms with Gasteiger partial charge in [-0.3, -0.25) is 4.79 Å². The number of hydrogen-bond acceptors (Lipinski definition) is 1. The highest BCUT2D eigenvalue weighted by molar-refractivity contribution is 5.96. The van der Waals surface area contributed by atoms with Crippen LogP contribution in [-0.4, -0.2) is 5.78 Å². The molecule has 0 unspecified atom stereocenters. The monoisotopic (exact) mass is 218 g/mol. The van der Waals surface area contributed by atoms with Crippen LogP contribution in [-0.2, 0) is 6.42 Å². The van der Waals surface area contributed by atoms with E-state index in [1.165, 1.54) is 16.7 Å². The molecule has 16 heavy (non-hydrogen) atoms. The molecule has 0 spiro atoms. The molecule has 0 bridgehead atoms. The third-order valence-corrected chi connectivity index (χ3v) is 2.95. The van der Waals surface area contributed by atoms with E-state index < -0.39 is 0 Å². The van der Waals surface area contributed by atoms with Crippen LogP contribution in [0.15, 0.2) is 12.1 Å². The lowest BCUT2D eigenvalue weighted by Crippen LogP contribution is -2.04. The van der Waals surface area contributed by atoms with Crippen LogP contribution in [0.1, 0.15) is 54.2 Å². The Hall–Kier alpha value is -1.11. The predicted molar refractivity (Wildman–Crippen MR) is 69.1 cm³/mol. The second-order valence-electron chi connectivity index (χ2n) is 4.96. The molecule has 1 aromatic rings. The number of hydrogen-bond donors (Lipinski definition) is 0. The Bertz CT molecular complexity index is 365. The van der Waals surface area contributed by atoms with E-state index in [1.807, 2.05) is 19.1 Å². The van der Waals surface area contributed by atoms with E-state index in [0.29, 0.717) is 12.3 Å². The molecule has 0 radical (unpaired) electrons. The molecule has 0 aliphatic carbocycles. The first-order valence-electron chi connectivity index (χ1n) is 6.09. The molecule has 1 nitrogen and oxygen atoms in total. The van der Waals surface area contributed by atoms with Crippen molar-refractivity contribution in [1.29, 1.82) is 0 Å². The number of ketones is 1. The predicted octanol–water partition coefficient (Wildman–Crippen LogP) is 4.09. The third-order valence-electron chi connectivity index (χ3n) is 2.95. The molecule has 1 heteroatoms. The molecule has 88 valence electrons. The molecule has 0 N–H and O–H groups in total. The summed E-state index contributed by atoms with van der Waals surface area (Å²) < 4.78 is 0. The smallest absolute Gasteiger partial charge is 0.162 e. The van der Waals surface area contributed by atoms with E-state index in [9.17, 15) is 4.79 Å². The Morgan fingerprint density at radius 3 is 2.06 bits per heavy atom. The molecule has 1 aromatic carbocycles. The van der Waals surface area contributed by atoms with Gasteiger partial charge in [-0.1, -0.05) is 20.8 Å². The van der Waals surface area contributed by atoms with Gasteiger partial charge in [0.15, 0.2) is 5.78 Å². The van der Waals surface area contributed by atoms with E-state index >= 15 is 0 Å². The Morgan fingerprint density at radius 1 is 1.19 bits per heavy atom. The molecule has 0 aromatic heterocycles. The highest BCUT2D eigenvalue weighted by Crippen LogP contribution is 2.20. The third kappa shape index (κ3) is 2.94. The van der Waals surface area contributed by atoms with Crippen LogP contribution in [0.4, 0.5) is 0 Å². The van der Waals surface area contributed by atoms with Crippen molar-refractivity contribution >= 4 is 5.78 Å². The standard InChI is InChI=1S/C15H22O/c1-6-15(16)13-8-11(4)14(7-10(2)3)12(5)9-13/h8-10H,6-7H2,1-5H3. The Kier molecular flexibility index (Phi) is 4.28. The molecular weight excluding hydrogens is 196 g/mol. The normalized spacial score (nSPS) is 10.9.